The summed E-state index contributed by atoms with van der Waals surface area (Å²) in [5.74, 6) is 0.547. The number of carbonyl (C=O) groups is 1. The van der Waals surface area contributed by atoms with E-state index in [1.807, 2.05) is 6.07 Å². The molecule has 0 spiro atoms. The van der Waals surface area contributed by atoms with Gasteiger partial charge in [0.2, 0.25) is 0 Å². The zero-order valence-corrected chi connectivity index (χ0v) is 12.5. The van der Waals surface area contributed by atoms with Gasteiger partial charge in [-0.2, -0.15) is 0 Å². The van der Waals surface area contributed by atoms with Gasteiger partial charge in [0.1, 0.15) is 12.0 Å². The summed E-state index contributed by atoms with van der Waals surface area (Å²) in [6, 6.07) is 12.3. The number of rotatable bonds is 4. The predicted molar refractivity (Wildman–Crippen MR) is 85.7 cm³/mol. The first kappa shape index (κ1) is 14.7. The highest BCUT2D eigenvalue weighted by atomic mass is 16.3. The number of furan rings is 1. The molecule has 0 unspecified atom stereocenters. The molecule has 0 bridgehead atoms. The van der Waals surface area contributed by atoms with Crippen LogP contribution < -0.4 is 16.0 Å². The maximum Gasteiger partial charge on any atom is 0.254 e. The maximum atomic E-state index is 12.2. The van der Waals surface area contributed by atoms with Gasteiger partial charge in [-0.15, -0.1) is 0 Å². The van der Waals surface area contributed by atoms with Crippen molar-refractivity contribution in [3.05, 3.63) is 54.0 Å². The fourth-order valence-electron chi connectivity index (χ4n) is 2.80. The molecule has 5 nitrogen and oxygen atoms in total. The van der Waals surface area contributed by atoms with Crippen molar-refractivity contribution in [2.45, 2.75) is 25.4 Å². The predicted octanol–water partition coefficient (Wildman–Crippen LogP) is 2.14. The van der Waals surface area contributed by atoms with E-state index in [4.69, 9.17) is 10.2 Å². The molecule has 1 aromatic heterocycles. The minimum absolute atomic E-state index is 0.0818. The molecule has 1 saturated heterocycles. The largest absolute Gasteiger partial charge is 0.467 e. The van der Waals surface area contributed by atoms with Crippen molar-refractivity contribution < 1.29 is 9.21 Å². The summed E-state index contributed by atoms with van der Waals surface area (Å²) in [7, 11) is 0. The lowest BCUT2D eigenvalue weighted by atomic mass is 10.0. The number of nitrogens with zero attached hydrogens (tertiary/aromatic N) is 1. The molecule has 5 heteroatoms. The van der Waals surface area contributed by atoms with Crippen LogP contribution in [0.25, 0.3) is 0 Å². The van der Waals surface area contributed by atoms with E-state index >= 15 is 0 Å². The van der Waals surface area contributed by atoms with Gasteiger partial charge in [0.25, 0.3) is 5.91 Å². The molecule has 1 aliphatic rings. The topological polar surface area (TPSA) is 71.5 Å². The number of nitrogens with one attached hydrogen (secondary N) is 1. The van der Waals surface area contributed by atoms with E-state index in [9.17, 15) is 4.79 Å². The Morgan fingerprint density at radius 2 is 2.00 bits per heavy atom. The molecular weight excluding hydrogens is 278 g/mol. The van der Waals surface area contributed by atoms with Gasteiger partial charge in [-0.3, -0.25) is 4.79 Å². The number of amides is 1. The zero-order chi connectivity index (χ0) is 15.4. The Balaban J connectivity index is 1.52. The van der Waals surface area contributed by atoms with Crippen LogP contribution in [0.15, 0.2) is 47.1 Å². The Hall–Kier alpha value is -2.27. The van der Waals surface area contributed by atoms with E-state index in [1.165, 1.54) is 12.0 Å². The Bertz CT molecular complexity index is 616. The van der Waals surface area contributed by atoms with Crippen molar-refractivity contribution in [3.63, 3.8) is 0 Å². The molecule has 0 atom stereocenters. The van der Waals surface area contributed by atoms with Crippen LogP contribution in [0, 0.1) is 0 Å². The Labute approximate surface area is 130 Å². The number of nitrogens with two attached hydrogens (primary N) is 1. The second-order valence-corrected chi connectivity index (χ2v) is 5.58. The third kappa shape index (κ3) is 3.31. The van der Waals surface area contributed by atoms with Gasteiger partial charge < -0.3 is 20.4 Å². The van der Waals surface area contributed by atoms with Crippen LogP contribution in [0.1, 0.15) is 29.0 Å². The fourth-order valence-corrected chi connectivity index (χ4v) is 2.80. The van der Waals surface area contributed by atoms with Gasteiger partial charge in [0.05, 0.1) is 12.1 Å². The molecule has 2 heterocycles. The molecule has 1 fully saturated rings. The summed E-state index contributed by atoms with van der Waals surface area (Å²) in [6.45, 7) is 2.21. The standard InChI is InChI=1S/C17H21N3O2/c18-11-16-10-13(12-22-16)17(21)19-14-6-8-20(9-7-14)15-4-2-1-3-5-15/h1-5,10,12,14H,6-9,11,18H2,(H,19,21). The van der Waals surface area contributed by atoms with Gasteiger partial charge in [-0.05, 0) is 31.0 Å². The first-order valence-corrected chi connectivity index (χ1v) is 7.64. The number of carbonyl (C=O) groups excluding carboxylic acids is 1. The van der Waals surface area contributed by atoms with E-state index in [1.54, 1.807) is 6.07 Å². The third-order valence-electron chi connectivity index (χ3n) is 4.07. The minimum Gasteiger partial charge on any atom is -0.467 e. The van der Waals surface area contributed by atoms with Gasteiger partial charge >= 0.3 is 0 Å². The van der Waals surface area contributed by atoms with Crippen LogP contribution in [0.2, 0.25) is 0 Å². The van der Waals surface area contributed by atoms with E-state index < -0.39 is 0 Å². The summed E-state index contributed by atoms with van der Waals surface area (Å²) in [4.78, 5) is 14.5. The van der Waals surface area contributed by atoms with Gasteiger partial charge in [-0.25, -0.2) is 0 Å². The Kier molecular flexibility index (Phi) is 4.44. The third-order valence-corrected chi connectivity index (χ3v) is 4.07. The number of hydrogen-bond donors (Lipinski definition) is 2. The quantitative estimate of drug-likeness (QED) is 0.907. The van der Waals surface area contributed by atoms with Crippen molar-refractivity contribution >= 4 is 11.6 Å². The smallest absolute Gasteiger partial charge is 0.254 e. The van der Waals surface area contributed by atoms with Gasteiger partial charge in [-0.1, -0.05) is 18.2 Å². The lowest BCUT2D eigenvalue weighted by molar-refractivity contribution is 0.0930. The SMILES string of the molecule is NCc1cc(C(=O)NC2CCN(c3ccccc3)CC2)co1. The number of piperidine rings is 1. The van der Waals surface area contributed by atoms with Crippen molar-refractivity contribution in [1.82, 2.24) is 5.32 Å². The normalized spacial score (nSPS) is 15.8. The summed E-state index contributed by atoms with van der Waals surface area (Å²) < 4.78 is 5.20. The van der Waals surface area contributed by atoms with E-state index in [0.29, 0.717) is 17.9 Å². The van der Waals surface area contributed by atoms with Crippen LogP contribution in [0.4, 0.5) is 5.69 Å². The van der Waals surface area contributed by atoms with Crippen molar-refractivity contribution in [2.75, 3.05) is 18.0 Å². The summed E-state index contributed by atoms with van der Waals surface area (Å²) in [5.41, 5.74) is 7.28. The lowest BCUT2D eigenvalue weighted by Gasteiger charge is -2.33. The van der Waals surface area contributed by atoms with E-state index in [-0.39, 0.29) is 11.9 Å². The molecule has 3 rings (SSSR count). The molecule has 1 aromatic carbocycles. The highest BCUT2D eigenvalue weighted by molar-refractivity contribution is 5.94. The second-order valence-electron chi connectivity index (χ2n) is 5.58. The summed E-state index contributed by atoms with van der Waals surface area (Å²) >= 11 is 0. The van der Waals surface area contributed by atoms with E-state index in [0.717, 1.165) is 25.9 Å². The summed E-state index contributed by atoms with van der Waals surface area (Å²) in [5, 5.41) is 3.08. The van der Waals surface area contributed by atoms with Crippen LogP contribution in [-0.2, 0) is 6.54 Å². The monoisotopic (exact) mass is 299 g/mol. The number of hydrogen-bond acceptors (Lipinski definition) is 4. The maximum absolute atomic E-state index is 12.2. The first-order chi connectivity index (χ1) is 10.8. The van der Waals surface area contributed by atoms with Crippen LogP contribution >= 0.6 is 0 Å². The molecule has 2 aromatic rings. The Morgan fingerprint density at radius 3 is 2.64 bits per heavy atom. The number of benzene rings is 1. The van der Waals surface area contributed by atoms with Gasteiger partial charge in [0, 0.05) is 24.8 Å². The van der Waals surface area contributed by atoms with Crippen molar-refractivity contribution in [2.24, 2.45) is 5.73 Å². The molecule has 116 valence electrons. The zero-order valence-electron chi connectivity index (χ0n) is 12.5. The molecule has 0 saturated carbocycles. The highest BCUT2D eigenvalue weighted by Gasteiger charge is 2.21. The van der Waals surface area contributed by atoms with Crippen molar-refractivity contribution in [3.8, 4) is 0 Å². The molecule has 3 N–H and O–H groups in total. The molecule has 1 amide bonds. The molecular formula is C17H21N3O2. The molecule has 0 aliphatic carbocycles. The van der Waals surface area contributed by atoms with Gasteiger partial charge in [0.15, 0.2) is 0 Å². The first-order valence-electron chi connectivity index (χ1n) is 7.64. The highest BCUT2D eigenvalue weighted by Crippen LogP contribution is 2.19. The second kappa shape index (κ2) is 6.66. The van der Waals surface area contributed by atoms with E-state index in [2.05, 4.69) is 34.5 Å². The average molecular weight is 299 g/mol. The van der Waals surface area contributed by atoms with Crippen molar-refractivity contribution in [1.29, 1.82) is 0 Å². The molecule has 1 aliphatic heterocycles. The molecule has 0 radical (unpaired) electrons. The average Bonchev–Trinajstić information content (AvgIpc) is 3.06. The minimum atomic E-state index is -0.0818. The van der Waals surface area contributed by atoms with Crippen LogP contribution in [0.5, 0.6) is 0 Å². The number of anilines is 1. The van der Waals surface area contributed by atoms with Crippen LogP contribution in [0.3, 0.4) is 0 Å². The number of para-hydroxylation sites is 1. The Morgan fingerprint density at radius 1 is 1.27 bits per heavy atom. The summed E-state index contributed by atoms with van der Waals surface area (Å²) in [6.07, 6.45) is 3.36. The lowest BCUT2D eigenvalue weighted by Crippen LogP contribution is -2.44. The van der Waals surface area contributed by atoms with Crippen LogP contribution in [-0.4, -0.2) is 25.0 Å². The fraction of sp³-hybridized carbons (Fsp3) is 0.353. The molecule has 22 heavy (non-hydrogen) atoms.